The van der Waals surface area contributed by atoms with Gasteiger partial charge in [-0.3, -0.25) is 25.0 Å². The predicted molar refractivity (Wildman–Crippen MR) is 203 cm³/mol. The molecular formula is C37H51N13O3. The first-order chi connectivity index (χ1) is 25.4. The molecule has 2 atom stereocenters. The van der Waals surface area contributed by atoms with Crippen molar-refractivity contribution in [2.45, 2.75) is 106 Å². The van der Waals surface area contributed by atoms with Crippen LogP contribution in [0.3, 0.4) is 0 Å². The molecule has 3 amide bonds. The van der Waals surface area contributed by atoms with Crippen LogP contribution in [-0.2, 0) is 14.4 Å². The summed E-state index contributed by atoms with van der Waals surface area (Å²) >= 11 is 0. The Labute approximate surface area is 311 Å². The van der Waals surface area contributed by atoms with Crippen molar-refractivity contribution in [3.63, 3.8) is 0 Å². The lowest BCUT2D eigenvalue weighted by atomic mass is 9.99. The second-order valence-corrected chi connectivity index (χ2v) is 12.9. The van der Waals surface area contributed by atoms with Gasteiger partial charge in [-0.25, -0.2) is 0 Å². The Morgan fingerprint density at radius 1 is 0.887 bits per heavy atom. The molecule has 282 valence electrons. The van der Waals surface area contributed by atoms with Crippen molar-refractivity contribution < 1.29 is 14.4 Å². The first-order valence-electron chi connectivity index (χ1n) is 18.3. The number of aromatic nitrogens is 5. The van der Waals surface area contributed by atoms with Gasteiger partial charge >= 0.3 is 0 Å². The molecule has 0 aliphatic rings. The van der Waals surface area contributed by atoms with Gasteiger partial charge in [0.05, 0.1) is 17.5 Å². The number of rotatable bonds is 19. The Balaban J connectivity index is 2.24. The number of nitriles is 2. The number of nitrogens with one attached hydrogen (secondary N) is 3. The van der Waals surface area contributed by atoms with E-state index in [9.17, 15) is 24.9 Å². The molecule has 1 aromatic carbocycles. The zero-order valence-corrected chi connectivity index (χ0v) is 32.0. The van der Waals surface area contributed by atoms with Crippen LogP contribution in [0.2, 0.25) is 0 Å². The number of nitrogens with zero attached hydrogens (tertiary/aromatic N) is 10. The van der Waals surface area contributed by atoms with Crippen molar-refractivity contribution >= 4 is 52.5 Å². The molecule has 0 bridgehead atoms. The van der Waals surface area contributed by atoms with Gasteiger partial charge in [-0.05, 0) is 56.7 Å². The van der Waals surface area contributed by atoms with Gasteiger partial charge in [0, 0.05) is 31.0 Å². The average Bonchev–Trinajstić information content (AvgIpc) is 3.51. The third kappa shape index (κ3) is 11.1. The maximum atomic E-state index is 13.4. The molecule has 16 heteroatoms. The van der Waals surface area contributed by atoms with Crippen LogP contribution in [-0.4, -0.2) is 55.5 Å². The van der Waals surface area contributed by atoms with E-state index >= 15 is 0 Å². The van der Waals surface area contributed by atoms with Gasteiger partial charge in [-0.2, -0.15) is 35.3 Å². The maximum absolute atomic E-state index is 13.4. The average molecular weight is 726 g/mol. The topological polar surface area (TPSA) is 219 Å². The summed E-state index contributed by atoms with van der Waals surface area (Å²) in [6, 6.07) is 9.42. The third-order valence-corrected chi connectivity index (χ3v) is 8.65. The van der Waals surface area contributed by atoms with Gasteiger partial charge in [0.15, 0.2) is 5.82 Å². The quantitative estimate of drug-likeness (QED) is 0.0807. The highest BCUT2D eigenvalue weighted by molar-refractivity contribution is 5.93. The van der Waals surface area contributed by atoms with Gasteiger partial charge in [0.25, 0.3) is 5.95 Å². The number of hydrogen-bond donors (Lipinski definition) is 3. The van der Waals surface area contributed by atoms with Crippen LogP contribution in [0.1, 0.15) is 118 Å². The summed E-state index contributed by atoms with van der Waals surface area (Å²) in [6.45, 7) is 15.7. The first-order valence-corrected chi connectivity index (χ1v) is 18.3. The summed E-state index contributed by atoms with van der Waals surface area (Å²) in [4.78, 5) is 54.1. The highest BCUT2D eigenvalue weighted by Crippen LogP contribution is 2.35. The molecule has 3 aromatic rings. The lowest BCUT2D eigenvalue weighted by molar-refractivity contribution is -0.121. The lowest BCUT2D eigenvalue weighted by Crippen LogP contribution is -2.26. The van der Waals surface area contributed by atoms with E-state index in [2.05, 4.69) is 65.3 Å². The molecule has 0 fully saturated rings. The fourth-order valence-electron chi connectivity index (χ4n) is 5.67. The molecule has 16 nitrogen and oxygen atoms in total. The highest BCUT2D eigenvalue weighted by Gasteiger charge is 2.26. The van der Waals surface area contributed by atoms with Gasteiger partial charge in [-0.1, -0.05) is 60.8 Å². The maximum Gasteiger partial charge on any atom is 0.259 e. The molecule has 2 unspecified atom stereocenters. The van der Waals surface area contributed by atoms with Crippen molar-refractivity contribution in [2.75, 3.05) is 33.9 Å². The summed E-state index contributed by atoms with van der Waals surface area (Å²) < 4.78 is 1.24. The van der Waals surface area contributed by atoms with Crippen LogP contribution >= 0.6 is 0 Å². The highest BCUT2D eigenvalue weighted by atomic mass is 16.2. The fourth-order valence-corrected chi connectivity index (χ4v) is 5.67. The summed E-state index contributed by atoms with van der Waals surface area (Å²) in [5.41, 5.74) is 1.81. The zero-order valence-electron chi connectivity index (χ0n) is 32.0. The number of hydrogen-bond acceptors (Lipinski definition) is 12. The molecule has 0 saturated heterocycles. The normalized spacial score (nSPS) is 12.2. The van der Waals surface area contributed by atoms with Gasteiger partial charge < -0.3 is 10.2 Å². The van der Waals surface area contributed by atoms with E-state index in [1.165, 1.54) is 11.6 Å². The van der Waals surface area contributed by atoms with E-state index in [1.807, 2.05) is 46.4 Å². The molecule has 0 saturated carbocycles. The second-order valence-electron chi connectivity index (χ2n) is 12.9. The predicted octanol–water partition coefficient (Wildman–Crippen LogP) is 7.70. The number of benzene rings is 1. The van der Waals surface area contributed by atoms with Gasteiger partial charge in [0.1, 0.15) is 23.9 Å². The monoisotopic (exact) mass is 725 g/mol. The van der Waals surface area contributed by atoms with Crippen molar-refractivity contribution in [1.82, 2.24) is 24.7 Å². The number of carbonyl (C=O) groups excluding carboxylic acids is 3. The first kappa shape index (κ1) is 41.6. The van der Waals surface area contributed by atoms with Crippen LogP contribution < -0.4 is 20.9 Å². The molecule has 3 rings (SSSR count). The number of amides is 3. The largest absolute Gasteiger partial charge is 0.358 e. The molecular weight excluding hydrogens is 674 g/mol. The minimum absolute atomic E-state index is 0.0127. The molecule has 2 aromatic heterocycles. The van der Waals surface area contributed by atoms with E-state index in [1.54, 1.807) is 18.2 Å². The second kappa shape index (κ2) is 20.3. The van der Waals surface area contributed by atoms with E-state index in [0.717, 1.165) is 19.3 Å². The van der Waals surface area contributed by atoms with Gasteiger partial charge in [0.2, 0.25) is 29.6 Å². The summed E-state index contributed by atoms with van der Waals surface area (Å²) in [7, 11) is 0. The minimum atomic E-state index is -0.342. The van der Waals surface area contributed by atoms with Crippen molar-refractivity contribution in [1.29, 1.82) is 10.5 Å². The molecule has 53 heavy (non-hydrogen) atoms. The number of azo groups is 1. The van der Waals surface area contributed by atoms with Crippen LogP contribution in [0.5, 0.6) is 0 Å². The van der Waals surface area contributed by atoms with Crippen LogP contribution in [0.25, 0.3) is 5.95 Å². The minimum Gasteiger partial charge on any atom is -0.358 e. The lowest BCUT2D eigenvalue weighted by Gasteiger charge is -2.20. The van der Waals surface area contributed by atoms with Crippen molar-refractivity contribution in [3.8, 4) is 18.1 Å². The number of anilines is 4. The van der Waals surface area contributed by atoms with E-state index < -0.39 is 0 Å². The van der Waals surface area contributed by atoms with Crippen LogP contribution in [0, 0.1) is 34.5 Å². The third-order valence-electron chi connectivity index (χ3n) is 8.65. The molecule has 0 spiro atoms. The Kier molecular flexibility index (Phi) is 16.0. The summed E-state index contributed by atoms with van der Waals surface area (Å²) in [6.07, 6.45) is 5.22. The Morgan fingerprint density at radius 3 is 2.04 bits per heavy atom. The zero-order chi connectivity index (χ0) is 39.1. The van der Waals surface area contributed by atoms with E-state index in [-0.39, 0.29) is 76.9 Å². The van der Waals surface area contributed by atoms with Crippen molar-refractivity contribution in [2.24, 2.45) is 22.1 Å². The Hall–Kier alpha value is -5.77. The molecule has 2 heterocycles. The molecule has 3 N–H and O–H groups in total. The smallest absolute Gasteiger partial charge is 0.259 e. The molecule has 0 radical (unpaired) electrons. The Bertz CT molecular complexity index is 1860. The number of unbranched alkanes of at least 4 members (excludes halogenated alkanes) is 1. The van der Waals surface area contributed by atoms with E-state index in [4.69, 9.17) is 0 Å². The van der Waals surface area contributed by atoms with Crippen molar-refractivity contribution in [3.05, 3.63) is 29.5 Å². The summed E-state index contributed by atoms with van der Waals surface area (Å²) in [5, 5.41) is 41.5. The standard InChI is InChI=1S/C37H51N13O3/c1-9-14-16-26(12-4)34(53)42-36-43-35(41-33(52)25(11-3)15-10-2)44-37(45-36)50-32(28(22-39)31(48-50)23(6)7)47-46-29-18-17-27(49(13-5)20-19-38)21-30(29)40-24(8)51/h17-18,21,23,25-26H,9-16,20H2,1-8H3,(H,40,51)(H2,41,42,43,44,45,52,53). The van der Waals surface area contributed by atoms with Crippen LogP contribution in [0.4, 0.5) is 34.8 Å². The molecule has 0 aliphatic carbocycles. The van der Waals surface area contributed by atoms with Gasteiger partial charge in [-0.15, -0.1) is 10.2 Å². The fraction of sp³-hybridized carbons (Fsp3) is 0.541. The van der Waals surface area contributed by atoms with Crippen LogP contribution in [0.15, 0.2) is 28.4 Å². The SMILES string of the molecule is CCCCC(CC)C(=O)Nc1nc(NC(=O)C(CC)CCC)nc(-n2nc(C(C)C)c(C#N)c2N=Nc2ccc(N(CC)CC#N)cc2NC(C)=O)n1. The number of carbonyl (C=O) groups is 3. The molecule has 0 aliphatic heterocycles. The summed E-state index contributed by atoms with van der Waals surface area (Å²) in [5.74, 6) is -1.98. The van der Waals surface area contributed by atoms with E-state index in [0.29, 0.717) is 49.3 Å². The Morgan fingerprint density at radius 2 is 1.53 bits per heavy atom.